The molecule has 5 nitrogen and oxygen atoms in total. The van der Waals surface area contributed by atoms with Crippen molar-refractivity contribution in [3.8, 4) is 0 Å². The summed E-state index contributed by atoms with van der Waals surface area (Å²) < 4.78 is 0. The molecule has 18 heavy (non-hydrogen) atoms. The van der Waals surface area contributed by atoms with Gasteiger partial charge < -0.3 is 0 Å². The van der Waals surface area contributed by atoms with E-state index in [4.69, 9.17) is 11.6 Å². The highest BCUT2D eigenvalue weighted by atomic mass is 35.5. The van der Waals surface area contributed by atoms with Crippen LogP contribution in [0.4, 0.5) is 0 Å². The number of amides is 2. The molecule has 0 bridgehead atoms. The summed E-state index contributed by atoms with van der Waals surface area (Å²) in [4.78, 5) is 32.3. The molecular weight excluding hydrogens is 254 g/mol. The first-order valence-corrected chi connectivity index (χ1v) is 5.71. The molecule has 2 rings (SSSR count). The Balaban J connectivity index is 2.05. The smallest absolute Gasteiger partial charge is 0.254 e. The number of imide groups is 1. The van der Waals surface area contributed by atoms with Crippen molar-refractivity contribution in [3.63, 3.8) is 0 Å². The Bertz CT molecular complexity index is 525. The molecule has 2 amide bonds. The van der Waals surface area contributed by atoms with Crippen molar-refractivity contribution in [1.29, 1.82) is 0 Å². The monoisotopic (exact) mass is 263 g/mol. The van der Waals surface area contributed by atoms with Gasteiger partial charge >= 0.3 is 0 Å². The molecule has 6 heteroatoms. The minimum atomic E-state index is -0.395. The molecule has 0 unspecified atom stereocenters. The molecule has 1 aliphatic heterocycles. The summed E-state index contributed by atoms with van der Waals surface area (Å²) in [5.41, 5.74) is 0. The first kappa shape index (κ1) is 12.4. The lowest BCUT2D eigenvalue weighted by Crippen LogP contribution is -2.37. The van der Waals surface area contributed by atoms with Crippen molar-refractivity contribution in [3.05, 3.63) is 41.5 Å². The highest BCUT2D eigenvalue weighted by Crippen LogP contribution is 2.15. The fraction of sp³-hybridized carbons (Fsp3) is 0.167. The van der Waals surface area contributed by atoms with E-state index < -0.39 is 11.8 Å². The largest absolute Gasteiger partial charge is 0.275 e. The average molecular weight is 264 g/mol. The Morgan fingerprint density at radius 3 is 2.78 bits per heavy atom. The number of hydrogen-bond acceptors (Lipinski definition) is 4. The normalized spacial score (nSPS) is 15.9. The van der Waals surface area contributed by atoms with Crippen molar-refractivity contribution in [2.75, 3.05) is 6.54 Å². The van der Waals surface area contributed by atoms with Gasteiger partial charge in [0, 0.05) is 42.5 Å². The Kier molecular flexibility index (Phi) is 3.84. The minimum absolute atomic E-state index is 0.299. The topological polar surface area (TPSA) is 63.2 Å². The van der Waals surface area contributed by atoms with Gasteiger partial charge in [0.15, 0.2) is 5.82 Å². The number of halogens is 1. The van der Waals surface area contributed by atoms with Gasteiger partial charge in [0.25, 0.3) is 11.8 Å². The van der Waals surface area contributed by atoms with E-state index in [9.17, 15) is 9.59 Å². The molecule has 0 atom stereocenters. The van der Waals surface area contributed by atoms with Crippen molar-refractivity contribution < 1.29 is 9.59 Å². The van der Waals surface area contributed by atoms with E-state index in [0.29, 0.717) is 23.8 Å². The lowest BCUT2D eigenvalue weighted by molar-refractivity contribution is -0.139. The Labute approximate surface area is 109 Å². The molecular formula is C12H10ClN3O2. The number of aromatic nitrogens is 2. The van der Waals surface area contributed by atoms with Gasteiger partial charge in [-0.1, -0.05) is 11.6 Å². The maximum atomic E-state index is 11.8. The van der Waals surface area contributed by atoms with Crippen LogP contribution >= 0.6 is 11.6 Å². The van der Waals surface area contributed by atoms with E-state index in [2.05, 4.69) is 9.97 Å². The second kappa shape index (κ2) is 5.55. The van der Waals surface area contributed by atoms with Gasteiger partial charge in [-0.2, -0.15) is 0 Å². The molecule has 1 aromatic rings. The zero-order valence-electron chi connectivity index (χ0n) is 9.41. The highest BCUT2D eigenvalue weighted by Gasteiger charge is 2.21. The molecule has 0 aromatic carbocycles. The molecule has 0 aliphatic carbocycles. The third-order valence-electron chi connectivity index (χ3n) is 2.35. The standard InChI is InChI=1S/C12H10ClN3O2/c13-9-4-7-16(12(18)8-9)11(17)3-2-10-14-5-1-6-15-10/h1-3,5-6,8H,4,7H2. The predicted molar refractivity (Wildman–Crippen MR) is 66.3 cm³/mol. The van der Waals surface area contributed by atoms with Crippen LogP contribution in [0.25, 0.3) is 6.08 Å². The molecule has 0 radical (unpaired) electrons. The lowest BCUT2D eigenvalue weighted by Gasteiger charge is -2.21. The number of nitrogens with zero attached hydrogens (tertiary/aromatic N) is 3. The summed E-state index contributed by atoms with van der Waals surface area (Å²) in [6, 6.07) is 1.68. The van der Waals surface area contributed by atoms with E-state index in [-0.39, 0.29) is 0 Å². The van der Waals surface area contributed by atoms with Crippen LogP contribution in [0.5, 0.6) is 0 Å². The molecule has 1 aromatic heterocycles. The number of carbonyl (C=O) groups excluding carboxylic acids is 2. The SMILES string of the molecule is O=C(C=Cc1ncccn1)N1CCC(Cl)=CC1=O. The van der Waals surface area contributed by atoms with E-state index in [1.165, 1.54) is 18.2 Å². The van der Waals surface area contributed by atoms with E-state index >= 15 is 0 Å². The minimum Gasteiger partial charge on any atom is -0.275 e. The summed E-state index contributed by atoms with van der Waals surface area (Å²) in [7, 11) is 0. The molecule has 0 saturated carbocycles. The maximum absolute atomic E-state index is 11.8. The fourth-order valence-electron chi connectivity index (χ4n) is 1.46. The van der Waals surface area contributed by atoms with Crippen molar-refractivity contribution in [2.45, 2.75) is 6.42 Å². The van der Waals surface area contributed by atoms with Crippen LogP contribution in [0.3, 0.4) is 0 Å². The summed E-state index contributed by atoms with van der Waals surface area (Å²) in [6.45, 7) is 0.299. The first-order valence-electron chi connectivity index (χ1n) is 5.33. The third kappa shape index (κ3) is 3.01. The zero-order valence-corrected chi connectivity index (χ0v) is 10.2. The van der Waals surface area contributed by atoms with Crippen LogP contribution in [0.2, 0.25) is 0 Å². The second-order valence-corrected chi connectivity index (χ2v) is 4.10. The number of carbonyl (C=O) groups is 2. The van der Waals surface area contributed by atoms with Gasteiger partial charge in [0.2, 0.25) is 0 Å². The van der Waals surface area contributed by atoms with E-state index in [1.807, 2.05) is 0 Å². The van der Waals surface area contributed by atoms with Crippen LogP contribution in [-0.2, 0) is 9.59 Å². The quantitative estimate of drug-likeness (QED) is 0.756. The first-order chi connectivity index (χ1) is 8.66. The Hall–Kier alpha value is -2.01. The predicted octanol–water partition coefficient (Wildman–Crippen LogP) is 1.37. The Morgan fingerprint density at radius 2 is 2.11 bits per heavy atom. The molecule has 1 aliphatic rings. The molecule has 0 saturated heterocycles. The van der Waals surface area contributed by atoms with Crippen molar-refractivity contribution in [1.82, 2.24) is 14.9 Å². The van der Waals surface area contributed by atoms with Crippen molar-refractivity contribution in [2.24, 2.45) is 0 Å². The van der Waals surface area contributed by atoms with Crippen LogP contribution < -0.4 is 0 Å². The van der Waals surface area contributed by atoms with Gasteiger partial charge in [-0.3, -0.25) is 14.5 Å². The van der Waals surface area contributed by atoms with Gasteiger partial charge in [0.1, 0.15) is 0 Å². The van der Waals surface area contributed by atoms with Gasteiger partial charge in [-0.15, -0.1) is 0 Å². The molecule has 0 spiro atoms. The second-order valence-electron chi connectivity index (χ2n) is 3.61. The van der Waals surface area contributed by atoms with Crippen molar-refractivity contribution >= 4 is 29.5 Å². The van der Waals surface area contributed by atoms with E-state index in [1.54, 1.807) is 18.5 Å². The Morgan fingerprint density at radius 1 is 1.39 bits per heavy atom. The lowest BCUT2D eigenvalue weighted by atomic mass is 10.2. The summed E-state index contributed by atoms with van der Waals surface area (Å²) >= 11 is 5.72. The summed E-state index contributed by atoms with van der Waals surface area (Å²) in [5, 5.41) is 0.472. The molecule has 2 heterocycles. The summed E-state index contributed by atoms with van der Waals surface area (Å²) in [5.74, 6) is -0.369. The molecule has 0 N–H and O–H groups in total. The third-order valence-corrected chi connectivity index (χ3v) is 2.65. The number of rotatable bonds is 2. The van der Waals surface area contributed by atoms with Crippen LogP contribution in [0.15, 0.2) is 35.6 Å². The van der Waals surface area contributed by atoms with Gasteiger partial charge in [0.05, 0.1) is 0 Å². The molecule has 0 fully saturated rings. The maximum Gasteiger partial charge on any atom is 0.254 e. The number of hydrogen-bond donors (Lipinski definition) is 0. The van der Waals surface area contributed by atoms with E-state index in [0.717, 1.165) is 4.90 Å². The van der Waals surface area contributed by atoms with Gasteiger partial charge in [-0.05, 0) is 12.1 Å². The van der Waals surface area contributed by atoms with Crippen LogP contribution in [-0.4, -0.2) is 33.2 Å². The average Bonchev–Trinajstić information content (AvgIpc) is 2.37. The summed E-state index contributed by atoms with van der Waals surface area (Å²) in [6.07, 6.45) is 7.65. The molecule has 92 valence electrons. The fourth-order valence-corrected chi connectivity index (χ4v) is 1.64. The zero-order chi connectivity index (χ0) is 13.0. The van der Waals surface area contributed by atoms with Gasteiger partial charge in [-0.25, -0.2) is 9.97 Å². The van der Waals surface area contributed by atoms with Crippen LogP contribution in [0.1, 0.15) is 12.2 Å². The van der Waals surface area contributed by atoms with Crippen LogP contribution in [0, 0.1) is 0 Å². The highest BCUT2D eigenvalue weighted by molar-refractivity contribution is 6.31.